The number of aryl methyl sites for hydroxylation is 1. The second kappa shape index (κ2) is 10.6. The fraction of sp³-hybridized carbons (Fsp3) is 0.360. The number of carbonyl (C=O) groups is 1. The van der Waals surface area contributed by atoms with Gasteiger partial charge in [-0.25, -0.2) is 4.98 Å². The van der Waals surface area contributed by atoms with Crippen LogP contribution in [0.5, 0.6) is 0 Å². The van der Waals surface area contributed by atoms with Crippen molar-refractivity contribution < 1.29 is 4.79 Å². The molecule has 1 aliphatic rings. The SMILES string of the molecule is Cc1nc(-c2ccccc2)sc1C(=O)NCCCCN1CCN(c2ccccc2)CC1. The van der Waals surface area contributed by atoms with E-state index in [1.807, 2.05) is 37.3 Å². The Labute approximate surface area is 188 Å². The van der Waals surface area contributed by atoms with E-state index >= 15 is 0 Å². The molecule has 0 atom stereocenters. The van der Waals surface area contributed by atoms with Gasteiger partial charge in [-0.3, -0.25) is 9.69 Å². The molecule has 0 unspecified atom stereocenters. The first-order valence-corrected chi connectivity index (χ1v) is 11.9. The normalized spacial score (nSPS) is 14.5. The molecule has 1 fully saturated rings. The Morgan fingerprint density at radius 1 is 0.968 bits per heavy atom. The molecule has 5 nitrogen and oxygen atoms in total. The number of para-hydroxylation sites is 1. The predicted molar refractivity (Wildman–Crippen MR) is 129 cm³/mol. The lowest BCUT2D eigenvalue weighted by molar-refractivity contribution is 0.0955. The van der Waals surface area contributed by atoms with Gasteiger partial charge in [0, 0.05) is 44.0 Å². The molecule has 0 saturated carbocycles. The molecule has 1 N–H and O–H groups in total. The summed E-state index contributed by atoms with van der Waals surface area (Å²) in [6.45, 7) is 8.07. The van der Waals surface area contributed by atoms with Gasteiger partial charge in [-0.15, -0.1) is 11.3 Å². The number of nitrogens with one attached hydrogen (secondary N) is 1. The summed E-state index contributed by atoms with van der Waals surface area (Å²) in [6, 6.07) is 20.7. The Hall–Kier alpha value is -2.70. The van der Waals surface area contributed by atoms with Gasteiger partial charge in [0.05, 0.1) is 5.69 Å². The van der Waals surface area contributed by atoms with Crippen LogP contribution in [0.1, 0.15) is 28.2 Å². The second-order valence-corrected chi connectivity index (χ2v) is 8.93. The van der Waals surface area contributed by atoms with Gasteiger partial charge < -0.3 is 10.2 Å². The number of anilines is 1. The van der Waals surface area contributed by atoms with E-state index in [0.717, 1.165) is 66.7 Å². The summed E-state index contributed by atoms with van der Waals surface area (Å²) >= 11 is 1.47. The largest absolute Gasteiger partial charge is 0.369 e. The molecule has 162 valence electrons. The maximum Gasteiger partial charge on any atom is 0.263 e. The fourth-order valence-corrected chi connectivity index (χ4v) is 4.91. The Morgan fingerprint density at radius 3 is 2.35 bits per heavy atom. The molecule has 0 radical (unpaired) electrons. The highest BCUT2D eigenvalue weighted by atomic mass is 32.1. The number of thiazole rings is 1. The number of piperazine rings is 1. The van der Waals surface area contributed by atoms with Crippen LogP contribution in [0.3, 0.4) is 0 Å². The number of nitrogens with zero attached hydrogens (tertiary/aromatic N) is 3. The molecule has 0 aliphatic carbocycles. The molecule has 2 aromatic carbocycles. The van der Waals surface area contributed by atoms with Crippen LogP contribution in [0.2, 0.25) is 0 Å². The van der Waals surface area contributed by atoms with Crippen LogP contribution in [0.15, 0.2) is 60.7 Å². The maximum atomic E-state index is 12.6. The van der Waals surface area contributed by atoms with Crippen LogP contribution in [0.4, 0.5) is 5.69 Å². The summed E-state index contributed by atoms with van der Waals surface area (Å²) in [5, 5.41) is 3.98. The minimum atomic E-state index is -0.00587. The average Bonchev–Trinajstić information content (AvgIpc) is 3.22. The zero-order chi connectivity index (χ0) is 21.5. The molecule has 3 aromatic rings. The van der Waals surface area contributed by atoms with E-state index in [9.17, 15) is 4.79 Å². The predicted octanol–water partition coefficient (Wildman–Crippen LogP) is 4.45. The first-order valence-electron chi connectivity index (χ1n) is 11.0. The van der Waals surface area contributed by atoms with E-state index in [2.05, 4.69) is 50.4 Å². The lowest BCUT2D eigenvalue weighted by atomic mass is 10.2. The van der Waals surface area contributed by atoms with Gasteiger partial charge in [-0.1, -0.05) is 48.5 Å². The van der Waals surface area contributed by atoms with E-state index in [1.165, 1.54) is 17.0 Å². The van der Waals surface area contributed by atoms with Crippen molar-refractivity contribution in [1.82, 2.24) is 15.2 Å². The summed E-state index contributed by atoms with van der Waals surface area (Å²) in [5.41, 5.74) is 3.18. The van der Waals surface area contributed by atoms with Crippen LogP contribution in [-0.4, -0.2) is 55.1 Å². The molecule has 4 rings (SSSR count). The Balaban J connectivity index is 1.16. The summed E-state index contributed by atoms with van der Waals surface area (Å²) in [4.78, 5) is 22.9. The average molecular weight is 435 g/mol. The van der Waals surface area contributed by atoms with Crippen molar-refractivity contribution in [3.05, 3.63) is 71.2 Å². The molecular weight excluding hydrogens is 404 g/mol. The highest BCUT2D eigenvalue weighted by Gasteiger charge is 2.17. The number of hydrogen-bond acceptors (Lipinski definition) is 5. The molecule has 1 amide bonds. The molecule has 0 spiro atoms. The number of carbonyl (C=O) groups excluding carboxylic acids is 1. The lowest BCUT2D eigenvalue weighted by Gasteiger charge is -2.36. The van der Waals surface area contributed by atoms with Gasteiger partial charge >= 0.3 is 0 Å². The van der Waals surface area contributed by atoms with Gasteiger partial charge in [0.2, 0.25) is 0 Å². The third kappa shape index (κ3) is 5.71. The minimum absolute atomic E-state index is 0.00587. The molecule has 0 bridgehead atoms. The zero-order valence-corrected chi connectivity index (χ0v) is 18.9. The Bertz CT molecular complexity index is 966. The number of aromatic nitrogens is 1. The molecule has 1 saturated heterocycles. The maximum absolute atomic E-state index is 12.6. The van der Waals surface area contributed by atoms with Gasteiger partial charge in [-0.2, -0.15) is 0 Å². The third-order valence-electron chi connectivity index (χ3n) is 5.70. The second-order valence-electron chi connectivity index (χ2n) is 7.93. The van der Waals surface area contributed by atoms with Gasteiger partial charge in [0.25, 0.3) is 5.91 Å². The van der Waals surface area contributed by atoms with Crippen LogP contribution in [0.25, 0.3) is 10.6 Å². The molecule has 2 heterocycles. The fourth-order valence-electron chi connectivity index (χ4n) is 3.92. The van der Waals surface area contributed by atoms with Crippen molar-refractivity contribution in [3.8, 4) is 10.6 Å². The van der Waals surface area contributed by atoms with E-state index < -0.39 is 0 Å². The highest BCUT2D eigenvalue weighted by molar-refractivity contribution is 7.17. The molecule has 31 heavy (non-hydrogen) atoms. The van der Waals surface area contributed by atoms with E-state index in [4.69, 9.17) is 0 Å². The number of hydrogen-bond donors (Lipinski definition) is 1. The van der Waals surface area contributed by atoms with Crippen LogP contribution in [0, 0.1) is 6.92 Å². The summed E-state index contributed by atoms with van der Waals surface area (Å²) in [5.74, 6) is -0.00587. The quantitative estimate of drug-likeness (QED) is 0.532. The van der Waals surface area contributed by atoms with E-state index in [0.29, 0.717) is 6.54 Å². The van der Waals surface area contributed by atoms with Crippen molar-refractivity contribution in [2.45, 2.75) is 19.8 Å². The molecule has 1 aliphatic heterocycles. The highest BCUT2D eigenvalue weighted by Crippen LogP contribution is 2.27. The minimum Gasteiger partial charge on any atom is -0.369 e. The monoisotopic (exact) mass is 434 g/mol. The van der Waals surface area contributed by atoms with E-state index in [-0.39, 0.29) is 5.91 Å². The molecular formula is C25H30N4OS. The van der Waals surface area contributed by atoms with Crippen molar-refractivity contribution in [2.75, 3.05) is 44.2 Å². The van der Waals surface area contributed by atoms with Crippen molar-refractivity contribution in [3.63, 3.8) is 0 Å². The number of amides is 1. The Morgan fingerprint density at radius 2 is 1.65 bits per heavy atom. The number of unbranched alkanes of at least 4 members (excludes halogenated alkanes) is 1. The van der Waals surface area contributed by atoms with Crippen molar-refractivity contribution in [1.29, 1.82) is 0 Å². The summed E-state index contributed by atoms with van der Waals surface area (Å²) < 4.78 is 0. The van der Waals surface area contributed by atoms with Crippen molar-refractivity contribution in [2.24, 2.45) is 0 Å². The van der Waals surface area contributed by atoms with Crippen LogP contribution in [-0.2, 0) is 0 Å². The first-order chi connectivity index (χ1) is 15.2. The number of benzene rings is 2. The Kier molecular flexibility index (Phi) is 7.33. The standard InChI is InChI=1S/C25H30N4OS/c1-20-23(31-25(27-20)21-10-4-2-5-11-21)24(30)26-14-8-9-15-28-16-18-29(19-17-28)22-12-6-3-7-13-22/h2-7,10-13H,8-9,14-19H2,1H3,(H,26,30). The molecule has 1 aromatic heterocycles. The topological polar surface area (TPSA) is 48.5 Å². The van der Waals surface area contributed by atoms with Gasteiger partial charge in [0.15, 0.2) is 0 Å². The van der Waals surface area contributed by atoms with Crippen LogP contribution >= 0.6 is 11.3 Å². The van der Waals surface area contributed by atoms with Gasteiger partial charge in [0.1, 0.15) is 9.88 Å². The van der Waals surface area contributed by atoms with Crippen LogP contribution < -0.4 is 10.2 Å². The molecule has 6 heteroatoms. The number of rotatable bonds is 8. The van der Waals surface area contributed by atoms with E-state index in [1.54, 1.807) is 0 Å². The summed E-state index contributed by atoms with van der Waals surface area (Å²) in [6.07, 6.45) is 2.09. The smallest absolute Gasteiger partial charge is 0.263 e. The summed E-state index contributed by atoms with van der Waals surface area (Å²) in [7, 11) is 0. The zero-order valence-electron chi connectivity index (χ0n) is 18.1. The first kappa shape index (κ1) is 21.5. The third-order valence-corrected chi connectivity index (χ3v) is 6.91. The lowest BCUT2D eigenvalue weighted by Crippen LogP contribution is -2.46. The van der Waals surface area contributed by atoms with Crippen molar-refractivity contribution >= 4 is 22.9 Å². The van der Waals surface area contributed by atoms with Gasteiger partial charge in [-0.05, 0) is 38.4 Å².